The summed E-state index contributed by atoms with van der Waals surface area (Å²) in [5, 5.41) is 3.45. The average molecular weight is 401 g/mol. The van der Waals surface area contributed by atoms with Crippen molar-refractivity contribution in [2.24, 2.45) is 11.7 Å². The van der Waals surface area contributed by atoms with Crippen molar-refractivity contribution in [2.75, 3.05) is 19.6 Å². The minimum Gasteiger partial charge on any atom is -0.369 e. The van der Waals surface area contributed by atoms with Gasteiger partial charge in [-0.3, -0.25) is 24.7 Å². The SMILES string of the molecule is CC1(CCc2ccccc2)NC(=O)N(NC(=O)CN2CCC(C(N)=O)CC2)C1=O. The van der Waals surface area contributed by atoms with Gasteiger partial charge in [-0.25, -0.2) is 4.79 Å². The van der Waals surface area contributed by atoms with Crippen LogP contribution in [0.5, 0.6) is 0 Å². The van der Waals surface area contributed by atoms with Crippen LogP contribution >= 0.6 is 0 Å². The topological polar surface area (TPSA) is 125 Å². The predicted molar refractivity (Wildman–Crippen MR) is 105 cm³/mol. The molecule has 9 heteroatoms. The number of likely N-dealkylation sites (tertiary alicyclic amines) is 1. The summed E-state index contributed by atoms with van der Waals surface area (Å²) in [6.07, 6.45) is 2.25. The lowest BCUT2D eigenvalue weighted by Crippen LogP contribution is -2.52. The summed E-state index contributed by atoms with van der Waals surface area (Å²) in [5.41, 5.74) is 7.73. The molecule has 4 N–H and O–H groups in total. The van der Waals surface area contributed by atoms with Crippen LogP contribution in [-0.2, 0) is 20.8 Å². The molecule has 0 aromatic heterocycles. The summed E-state index contributed by atoms with van der Waals surface area (Å²) in [5.74, 6) is -1.40. The molecular formula is C20H27N5O4. The Morgan fingerprint density at radius 1 is 1.21 bits per heavy atom. The molecular weight excluding hydrogens is 374 g/mol. The zero-order valence-corrected chi connectivity index (χ0v) is 16.5. The Hall–Kier alpha value is -2.94. The van der Waals surface area contributed by atoms with Gasteiger partial charge >= 0.3 is 6.03 Å². The number of benzene rings is 1. The number of hydrogen-bond donors (Lipinski definition) is 3. The minimum atomic E-state index is -1.07. The Balaban J connectivity index is 1.51. The molecule has 0 bridgehead atoms. The molecule has 9 nitrogen and oxygen atoms in total. The lowest BCUT2D eigenvalue weighted by atomic mass is 9.93. The van der Waals surface area contributed by atoms with Crippen molar-refractivity contribution in [2.45, 2.75) is 38.1 Å². The van der Waals surface area contributed by atoms with Crippen molar-refractivity contribution in [3.8, 4) is 0 Å². The van der Waals surface area contributed by atoms with Gasteiger partial charge in [-0.1, -0.05) is 30.3 Å². The number of imide groups is 1. The van der Waals surface area contributed by atoms with Crippen LogP contribution in [0.1, 0.15) is 31.7 Å². The van der Waals surface area contributed by atoms with Gasteiger partial charge in [0.25, 0.3) is 11.8 Å². The molecule has 2 saturated heterocycles. The minimum absolute atomic E-state index is 0.0449. The highest BCUT2D eigenvalue weighted by molar-refractivity contribution is 6.07. The molecule has 0 aliphatic carbocycles. The number of amides is 5. The highest BCUT2D eigenvalue weighted by Crippen LogP contribution is 2.22. The number of rotatable bonds is 7. The molecule has 1 aromatic carbocycles. The molecule has 156 valence electrons. The van der Waals surface area contributed by atoms with E-state index >= 15 is 0 Å². The number of hydrogen-bond acceptors (Lipinski definition) is 5. The normalized spacial score (nSPS) is 23.1. The maximum Gasteiger partial charge on any atom is 0.344 e. The second kappa shape index (κ2) is 8.60. The molecule has 0 radical (unpaired) electrons. The van der Waals surface area contributed by atoms with E-state index in [0.29, 0.717) is 38.8 Å². The van der Waals surface area contributed by atoms with Gasteiger partial charge in [0.1, 0.15) is 5.54 Å². The second-order valence-corrected chi connectivity index (χ2v) is 7.88. The standard InChI is InChI=1S/C20H27N5O4/c1-20(10-7-14-5-3-2-4-6-14)18(28)25(19(29)22-20)23-16(26)13-24-11-8-15(9-12-24)17(21)27/h2-6,15H,7-13H2,1H3,(H2,21,27)(H,22,29)(H,23,26). The summed E-state index contributed by atoms with van der Waals surface area (Å²) in [7, 11) is 0. The van der Waals surface area contributed by atoms with Crippen molar-refractivity contribution in [3.63, 3.8) is 0 Å². The van der Waals surface area contributed by atoms with Gasteiger partial charge in [-0.2, -0.15) is 5.01 Å². The Morgan fingerprint density at radius 3 is 2.48 bits per heavy atom. The number of piperidine rings is 1. The smallest absolute Gasteiger partial charge is 0.344 e. The van der Waals surface area contributed by atoms with Crippen molar-refractivity contribution < 1.29 is 19.2 Å². The van der Waals surface area contributed by atoms with Crippen LogP contribution in [0, 0.1) is 5.92 Å². The maximum atomic E-state index is 12.8. The van der Waals surface area contributed by atoms with Crippen molar-refractivity contribution in [3.05, 3.63) is 35.9 Å². The fourth-order valence-electron chi connectivity index (χ4n) is 3.73. The Morgan fingerprint density at radius 2 is 1.86 bits per heavy atom. The summed E-state index contributed by atoms with van der Waals surface area (Å²) >= 11 is 0. The first kappa shape index (κ1) is 20.8. The largest absolute Gasteiger partial charge is 0.369 e. The monoisotopic (exact) mass is 401 g/mol. The number of carbonyl (C=O) groups excluding carboxylic acids is 4. The van der Waals surface area contributed by atoms with Crippen molar-refractivity contribution in [1.82, 2.24) is 20.7 Å². The first-order valence-electron chi connectivity index (χ1n) is 9.80. The number of urea groups is 1. The Kier molecular flexibility index (Phi) is 6.17. The van der Waals surface area contributed by atoms with Crippen LogP contribution in [0.4, 0.5) is 4.79 Å². The van der Waals surface area contributed by atoms with E-state index in [1.54, 1.807) is 6.92 Å². The number of nitrogens with two attached hydrogens (primary N) is 1. The molecule has 2 heterocycles. The molecule has 1 atom stereocenters. The van der Waals surface area contributed by atoms with Gasteiger partial charge in [0.05, 0.1) is 6.54 Å². The fraction of sp³-hybridized carbons (Fsp3) is 0.500. The van der Waals surface area contributed by atoms with Crippen molar-refractivity contribution in [1.29, 1.82) is 0 Å². The second-order valence-electron chi connectivity index (χ2n) is 7.88. The number of nitrogens with zero attached hydrogens (tertiary/aromatic N) is 2. The van der Waals surface area contributed by atoms with Gasteiger partial charge < -0.3 is 11.1 Å². The summed E-state index contributed by atoms with van der Waals surface area (Å²) in [6, 6.07) is 9.06. The summed E-state index contributed by atoms with van der Waals surface area (Å²) in [4.78, 5) is 50.5. The van der Waals surface area contributed by atoms with Crippen LogP contribution in [0.15, 0.2) is 30.3 Å². The van der Waals surface area contributed by atoms with Gasteiger partial charge in [-0.15, -0.1) is 0 Å². The zero-order chi connectivity index (χ0) is 21.0. The van der Waals surface area contributed by atoms with Gasteiger partial charge in [0.15, 0.2) is 0 Å². The van der Waals surface area contributed by atoms with E-state index in [-0.39, 0.29) is 18.4 Å². The Labute approximate surface area is 169 Å². The van der Waals surface area contributed by atoms with Gasteiger partial charge in [0, 0.05) is 5.92 Å². The lowest BCUT2D eigenvalue weighted by Gasteiger charge is -2.30. The molecule has 1 unspecified atom stereocenters. The molecule has 0 spiro atoms. The first-order chi connectivity index (χ1) is 13.8. The van der Waals surface area contributed by atoms with E-state index in [2.05, 4.69) is 10.7 Å². The fourth-order valence-corrected chi connectivity index (χ4v) is 3.73. The number of aryl methyl sites for hydroxylation is 1. The van der Waals surface area contributed by atoms with E-state index in [1.165, 1.54) is 0 Å². The third-order valence-electron chi connectivity index (χ3n) is 5.61. The van der Waals surface area contributed by atoms with E-state index in [9.17, 15) is 19.2 Å². The maximum absolute atomic E-state index is 12.8. The van der Waals surface area contributed by atoms with Crippen LogP contribution in [0.3, 0.4) is 0 Å². The molecule has 29 heavy (non-hydrogen) atoms. The number of primary amides is 1. The van der Waals surface area contributed by atoms with E-state index in [0.717, 1.165) is 10.6 Å². The number of nitrogens with one attached hydrogen (secondary N) is 2. The lowest BCUT2D eigenvalue weighted by molar-refractivity contribution is -0.139. The van der Waals surface area contributed by atoms with Gasteiger partial charge in [-0.05, 0) is 51.3 Å². The molecule has 2 fully saturated rings. The zero-order valence-electron chi connectivity index (χ0n) is 16.5. The summed E-state index contributed by atoms with van der Waals surface area (Å²) in [6.45, 7) is 2.84. The molecule has 2 aliphatic heterocycles. The molecule has 5 amide bonds. The number of carbonyl (C=O) groups is 4. The van der Waals surface area contributed by atoms with E-state index < -0.39 is 23.4 Å². The first-order valence-corrected chi connectivity index (χ1v) is 9.80. The predicted octanol–water partition coefficient (Wildman–Crippen LogP) is 0.158. The summed E-state index contributed by atoms with van der Waals surface area (Å²) < 4.78 is 0. The highest BCUT2D eigenvalue weighted by Gasteiger charge is 2.48. The van der Waals surface area contributed by atoms with Crippen LogP contribution in [0.2, 0.25) is 0 Å². The Bertz CT molecular complexity index is 791. The van der Waals surface area contributed by atoms with Crippen molar-refractivity contribution >= 4 is 23.8 Å². The average Bonchev–Trinajstić information content (AvgIpc) is 2.91. The molecule has 3 rings (SSSR count). The number of hydrazine groups is 1. The van der Waals surface area contributed by atoms with Gasteiger partial charge in [0.2, 0.25) is 5.91 Å². The third kappa shape index (κ3) is 4.92. The molecule has 1 aromatic rings. The van der Waals surface area contributed by atoms with E-state index in [4.69, 9.17) is 5.73 Å². The highest BCUT2D eigenvalue weighted by atomic mass is 16.2. The quantitative estimate of drug-likeness (QED) is 0.561. The molecule has 2 aliphatic rings. The van der Waals surface area contributed by atoms with Crippen LogP contribution < -0.4 is 16.5 Å². The third-order valence-corrected chi connectivity index (χ3v) is 5.61. The van der Waals surface area contributed by atoms with E-state index in [1.807, 2.05) is 35.2 Å². The van der Waals surface area contributed by atoms with Crippen LogP contribution in [0.25, 0.3) is 0 Å². The van der Waals surface area contributed by atoms with Crippen LogP contribution in [-0.4, -0.2) is 58.8 Å². The molecule has 0 saturated carbocycles.